The second-order valence-electron chi connectivity index (χ2n) is 3.78. The molecule has 56 valence electrons. The van der Waals surface area contributed by atoms with E-state index in [1.807, 2.05) is 0 Å². The smallest absolute Gasteiger partial charge is 0.0624 e. The van der Waals surface area contributed by atoms with Crippen molar-refractivity contribution in [3.05, 3.63) is 0 Å². The van der Waals surface area contributed by atoms with Gasteiger partial charge in [0.05, 0.1) is 12.2 Å². The third kappa shape index (κ3) is 0.523. The van der Waals surface area contributed by atoms with Crippen LogP contribution in [0, 0.1) is 11.8 Å². The van der Waals surface area contributed by atoms with Crippen molar-refractivity contribution in [3.8, 4) is 0 Å². The number of fused-ring (bicyclic) bond motifs is 5. The van der Waals surface area contributed by atoms with Crippen LogP contribution in [0.2, 0.25) is 0 Å². The van der Waals surface area contributed by atoms with Crippen LogP contribution in [-0.4, -0.2) is 25.3 Å². The highest BCUT2D eigenvalue weighted by atomic mass is 16.5. The van der Waals surface area contributed by atoms with E-state index < -0.39 is 0 Å². The predicted octanol–water partition coefficient (Wildman–Crippen LogP) is 0.383. The highest BCUT2D eigenvalue weighted by Crippen LogP contribution is 2.44. The number of nitrogens with one attached hydrogen (secondary N) is 1. The summed E-state index contributed by atoms with van der Waals surface area (Å²) in [7, 11) is 0. The van der Waals surface area contributed by atoms with Crippen LogP contribution in [0.25, 0.3) is 0 Å². The summed E-state index contributed by atoms with van der Waals surface area (Å²) in [6, 6.07) is 0. The molecular weight excluding hydrogens is 126 g/mol. The molecule has 3 aliphatic rings. The van der Waals surface area contributed by atoms with Gasteiger partial charge in [-0.1, -0.05) is 0 Å². The summed E-state index contributed by atoms with van der Waals surface area (Å²) in [6.45, 7) is 2.43. The average Bonchev–Trinajstić information content (AvgIpc) is 2.60. The molecule has 0 spiro atoms. The van der Waals surface area contributed by atoms with E-state index in [0.29, 0.717) is 12.2 Å². The van der Waals surface area contributed by atoms with Crippen molar-refractivity contribution in [2.24, 2.45) is 11.8 Å². The maximum Gasteiger partial charge on any atom is 0.0624 e. The van der Waals surface area contributed by atoms with E-state index in [0.717, 1.165) is 11.8 Å². The summed E-state index contributed by atoms with van der Waals surface area (Å²) in [5.41, 5.74) is 0. The summed E-state index contributed by atoms with van der Waals surface area (Å²) < 4.78 is 5.80. The Balaban J connectivity index is 1.92. The molecule has 3 fully saturated rings. The molecule has 0 amide bonds. The Kier molecular flexibility index (Phi) is 0.968. The minimum atomic E-state index is 0.630. The quantitative estimate of drug-likeness (QED) is 0.524. The molecule has 3 rings (SSSR count). The molecule has 3 heterocycles. The van der Waals surface area contributed by atoms with E-state index in [9.17, 15) is 0 Å². The molecule has 2 heteroatoms. The Morgan fingerprint density at radius 2 is 1.60 bits per heavy atom. The third-order valence-electron chi connectivity index (χ3n) is 3.35. The van der Waals surface area contributed by atoms with Gasteiger partial charge >= 0.3 is 0 Å². The molecule has 0 aromatic carbocycles. The van der Waals surface area contributed by atoms with Crippen LogP contribution in [0.1, 0.15) is 12.8 Å². The van der Waals surface area contributed by atoms with Gasteiger partial charge in [-0.15, -0.1) is 0 Å². The van der Waals surface area contributed by atoms with Crippen LogP contribution in [-0.2, 0) is 4.74 Å². The van der Waals surface area contributed by atoms with E-state index in [2.05, 4.69) is 5.32 Å². The lowest BCUT2D eigenvalue weighted by Gasteiger charge is -2.18. The average molecular weight is 139 g/mol. The summed E-state index contributed by atoms with van der Waals surface area (Å²) in [5.74, 6) is 1.75. The van der Waals surface area contributed by atoms with Crippen molar-refractivity contribution in [2.75, 3.05) is 13.1 Å². The zero-order valence-electron chi connectivity index (χ0n) is 6.05. The predicted molar refractivity (Wildman–Crippen MR) is 37.7 cm³/mol. The van der Waals surface area contributed by atoms with Crippen LogP contribution in [0.3, 0.4) is 0 Å². The highest BCUT2D eigenvalue weighted by molar-refractivity contribution is 5.01. The molecule has 4 atom stereocenters. The SMILES string of the molecule is C1CC2OC1C1CNCC21. The van der Waals surface area contributed by atoms with Gasteiger partial charge in [0.2, 0.25) is 0 Å². The van der Waals surface area contributed by atoms with Crippen LogP contribution < -0.4 is 5.32 Å². The van der Waals surface area contributed by atoms with Gasteiger partial charge in [-0.2, -0.15) is 0 Å². The fourth-order valence-corrected chi connectivity index (χ4v) is 2.85. The molecule has 3 saturated heterocycles. The zero-order valence-corrected chi connectivity index (χ0v) is 6.05. The van der Waals surface area contributed by atoms with Crippen molar-refractivity contribution in [2.45, 2.75) is 25.0 Å². The zero-order chi connectivity index (χ0) is 6.55. The standard InChI is InChI=1S/C8H13NO/c1-2-8-6-4-9-3-5(6)7(1)10-8/h5-9H,1-4H2. The molecule has 2 bridgehead atoms. The molecule has 0 aliphatic carbocycles. The summed E-state index contributed by atoms with van der Waals surface area (Å²) >= 11 is 0. The molecule has 0 saturated carbocycles. The molecule has 0 aromatic rings. The maximum absolute atomic E-state index is 5.80. The van der Waals surface area contributed by atoms with Gasteiger partial charge in [0, 0.05) is 24.9 Å². The third-order valence-corrected chi connectivity index (χ3v) is 3.35. The van der Waals surface area contributed by atoms with Crippen LogP contribution >= 0.6 is 0 Å². The van der Waals surface area contributed by atoms with Crippen molar-refractivity contribution < 1.29 is 4.74 Å². The molecule has 0 radical (unpaired) electrons. The van der Waals surface area contributed by atoms with Crippen molar-refractivity contribution in [3.63, 3.8) is 0 Å². The van der Waals surface area contributed by atoms with Crippen LogP contribution in [0.4, 0.5) is 0 Å². The van der Waals surface area contributed by atoms with E-state index in [1.54, 1.807) is 0 Å². The normalized spacial score (nSPS) is 57.6. The fraction of sp³-hybridized carbons (Fsp3) is 1.00. The first-order chi connectivity index (χ1) is 4.95. The molecule has 4 unspecified atom stereocenters. The maximum atomic E-state index is 5.80. The molecule has 10 heavy (non-hydrogen) atoms. The highest BCUT2D eigenvalue weighted by Gasteiger charge is 2.50. The summed E-state index contributed by atoms with van der Waals surface area (Å²) in [5, 5.41) is 3.45. The Bertz CT molecular complexity index is 143. The van der Waals surface area contributed by atoms with E-state index in [4.69, 9.17) is 4.74 Å². The first kappa shape index (κ1) is 5.56. The van der Waals surface area contributed by atoms with Gasteiger partial charge in [0.1, 0.15) is 0 Å². The Labute approximate surface area is 60.9 Å². The van der Waals surface area contributed by atoms with Crippen LogP contribution in [0.5, 0.6) is 0 Å². The number of rotatable bonds is 0. The lowest BCUT2D eigenvalue weighted by atomic mass is 9.82. The topological polar surface area (TPSA) is 21.3 Å². The molecule has 2 nitrogen and oxygen atoms in total. The van der Waals surface area contributed by atoms with Crippen molar-refractivity contribution >= 4 is 0 Å². The number of hydrogen-bond donors (Lipinski definition) is 1. The Hall–Kier alpha value is -0.0800. The van der Waals surface area contributed by atoms with E-state index in [1.165, 1.54) is 25.9 Å². The van der Waals surface area contributed by atoms with E-state index in [-0.39, 0.29) is 0 Å². The van der Waals surface area contributed by atoms with Crippen molar-refractivity contribution in [1.29, 1.82) is 0 Å². The Morgan fingerprint density at radius 1 is 1.00 bits per heavy atom. The molecule has 0 aromatic heterocycles. The summed E-state index contributed by atoms with van der Waals surface area (Å²) in [4.78, 5) is 0. The van der Waals surface area contributed by atoms with Crippen molar-refractivity contribution in [1.82, 2.24) is 5.32 Å². The minimum absolute atomic E-state index is 0.630. The lowest BCUT2D eigenvalue weighted by molar-refractivity contribution is 0.0832. The number of hydrogen-bond acceptors (Lipinski definition) is 2. The van der Waals surface area contributed by atoms with Gasteiger partial charge in [0.25, 0.3) is 0 Å². The number of ether oxygens (including phenoxy) is 1. The van der Waals surface area contributed by atoms with Crippen LogP contribution in [0.15, 0.2) is 0 Å². The summed E-state index contributed by atoms with van der Waals surface area (Å²) in [6.07, 6.45) is 3.91. The fourth-order valence-electron chi connectivity index (χ4n) is 2.85. The van der Waals surface area contributed by atoms with Gasteiger partial charge in [-0.3, -0.25) is 0 Å². The van der Waals surface area contributed by atoms with Gasteiger partial charge in [0.15, 0.2) is 0 Å². The lowest BCUT2D eigenvalue weighted by Crippen LogP contribution is -2.24. The first-order valence-corrected chi connectivity index (χ1v) is 4.31. The molecular formula is C8H13NO. The second-order valence-corrected chi connectivity index (χ2v) is 3.78. The van der Waals surface area contributed by atoms with Gasteiger partial charge in [-0.25, -0.2) is 0 Å². The molecule has 3 aliphatic heterocycles. The largest absolute Gasteiger partial charge is 0.374 e. The second kappa shape index (κ2) is 1.74. The van der Waals surface area contributed by atoms with E-state index >= 15 is 0 Å². The molecule has 1 N–H and O–H groups in total. The minimum Gasteiger partial charge on any atom is -0.374 e. The van der Waals surface area contributed by atoms with Gasteiger partial charge in [-0.05, 0) is 12.8 Å². The first-order valence-electron chi connectivity index (χ1n) is 4.31. The monoisotopic (exact) mass is 139 g/mol. The Morgan fingerprint density at radius 3 is 2.20 bits per heavy atom. The van der Waals surface area contributed by atoms with Gasteiger partial charge < -0.3 is 10.1 Å².